The number of anilines is 1. The zero-order valence-electron chi connectivity index (χ0n) is 13.7. The van der Waals surface area contributed by atoms with E-state index >= 15 is 0 Å². The zero-order valence-corrected chi connectivity index (χ0v) is 13.7. The minimum Gasteiger partial charge on any atom is -0.377 e. The van der Waals surface area contributed by atoms with Crippen LogP contribution in [0.15, 0.2) is 24.3 Å². The Balaban J connectivity index is 1.47. The van der Waals surface area contributed by atoms with E-state index in [1.807, 2.05) is 29.2 Å². The molecule has 1 aromatic carbocycles. The molecular formula is C18H23N3O3. The Kier molecular flexibility index (Phi) is 4.14. The fraction of sp³-hybridized carbons (Fsp3) is 0.556. The van der Waals surface area contributed by atoms with Gasteiger partial charge in [0.2, 0.25) is 0 Å². The molecule has 2 aliphatic heterocycles. The average Bonchev–Trinajstić information content (AvgIpc) is 3.33. The van der Waals surface area contributed by atoms with E-state index < -0.39 is 0 Å². The lowest BCUT2D eigenvalue weighted by Gasteiger charge is -2.36. The van der Waals surface area contributed by atoms with Gasteiger partial charge in [0.05, 0.1) is 19.3 Å². The third-order valence-corrected chi connectivity index (χ3v) is 5.07. The van der Waals surface area contributed by atoms with Crippen LogP contribution in [0.4, 0.5) is 10.5 Å². The van der Waals surface area contributed by atoms with Crippen molar-refractivity contribution in [3.8, 4) is 0 Å². The SMILES string of the molecule is O=C1NCCN1c1ccc(C(=O)N2CCOCC2CC2CC2)cc1. The van der Waals surface area contributed by atoms with Crippen molar-refractivity contribution in [1.29, 1.82) is 0 Å². The number of rotatable bonds is 4. The van der Waals surface area contributed by atoms with Crippen molar-refractivity contribution in [3.63, 3.8) is 0 Å². The molecule has 2 saturated heterocycles. The van der Waals surface area contributed by atoms with Crippen LogP contribution in [-0.2, 0) is 4.74 Å². The Hall–Kier alpha value is -2.08. The second-order valence-electron chi connectivity index (χ2n) is 6.84. The highest BCUT2D eigenvalue weighted by atomic mass is 16.5. The second kappa shape index (κ2) is 6.43. The Morgan fingerprint density at radius 1 is 1.21 bits per heavy atom. The number of nitrogens with one attached hydrogen (secondary N) is 1. The first-order valence-corrected chi connectivity index (χ1v) is 8.76. The summed E-state index contributed by atoms with van der Waals surface area (Å²) < 4.78 is 5.58. The van der Waals surface area contributed by atoms with Crippen molar-refractivity contribution in [2.45, 2.75) is 25.3 Å². The summed E-state index contributed by atoms with van der Waals surface area (Å²) in [5.41, 5.74) is 1.51. The minimum atomic E-state index is -0.0771. The number of amides is 3. The van der Waals surface area contributed by atoms with Gasteiger partial charge in [-0.1, -0.05) is 12.8 Å². The maximum Gasteiger partial charge on any atom is 0.321 e. The van der Waals surface area contributed by atoms with Crippen LogP contribution in [0.5, 0.6) is 0 Å². The van der Waals surface area contributed by atoms with E-state index in [0.717, 1.165) is 18.0 Å². The van der Waals surface area contributed by atoms with E-state index in [0.29, 0.717) is 38.4 Å². The van der Waals surface area contributed by atoms with Gasteiger partial charge in [-0.2, -0.15) is 0 Å². The maximum atomic E-state index is 12.9. The lowest BCUT2D eigenvalue weighted by atomic mass is 10.1. The van der Waals surface area contributed by atoms with E-state index in [2.05, 4.69) is 5.32 Å². The fourth-order valence-electron chi connectivity index (χ4n) is 3.52. The molecule has 0 spiro atoms. The molecular weight excluding hydrogens is 306 g/mol. The van der Waals surface area contributed by atoms with Crippen LogP contribution in [0.25, 0.3) is 0 Å². The Morgan fingerprint density at radius 2 is 2.00 bits per heavy atom. The summed E-state index contributed by atoms with van der Waals surface area (Å²) in [6.45, 7) is 3.24. The molecule has 3 amide bonds. The van der Waals surface area contributed by atoms with Crippen molar-refractivity contribution in [1.82, 2.24) is 10.2 Å². The standard InChI is InChI=1S/C18H23N3O3/c22-17(20-9-10-24-12-16(20)11-13-1-2-13)14-3-5-15(6-4-14)21-8-7-19-18(21)23/h3-6,13,16H,1-2,7-12H2,(H,19,23). The van der Waals surface area contributed by atoms with Gasteiger partial charge < -0.3 is 15.0 Å². The smallest absolute Gasteiger partial charge is 0.321 e. The van der Waals surface area contributed by atoms with Crippen molar-refractivity contribution in [2.24, 2.45) is 5.92 Å². The van der Waals surface area contributed by atoms with Crippen LogP contribution in [0.2, 0.25) is 0 Å². The number of carbonyl (C=O) groups excluding carboxylic acids is 2. The number of ether oxygens (including phenoxy) is 1. The molecule has 1 N–H and O–H groups in total. The van der Waals surface area contributed by atoms with Crippen LogP contribution in [0, 0.1) is 5.92 Å². The largest absolute Gasteiger partial charge is 0.377 e. The number of morpholine rings is 1. The van der Waals surface area contributed by atoms with Gasteiger partial charge in [0.1, 0.15) is 0 Å². The number of carbonyl (C=O) groups is 2. The molecule has 3 fully saturated rings. The molecule has 0 aromatic heterocycles. The number of hydrogen-bond acceptors (Lipinski definition) is 3. The molecule has 6 nitrogen and oxygen atoms in total. The summed E-state index contributed by atoms with van der Waals surface area (Å²) in [5.74, 6) is 0.837. The fourth-order valence-corrected chi connectivity index (χ4v) is 3.52. The number of urea groups is 1. The predicted octanol–water partition coefficient (Wildman–Crippen LogP) is 1.86. The van der Waals surface area contributed by atoms with Gasteiger partial charge in [0.15, 0.2) is 0 Å². The van der Waals surface area contributed by atoms with E-state index in [4.69, 9.17) is 4.74 Å². The van der Waals surface area contributed by atoms with Gasteiger partial charge in [0.25, 0.3) is 5.91 Å². The normalized spacial score (nSPS) is 24.2. The predicted molar refractivity (Wildman–Crippen MR) is 90.2 cm³/mol. The molecule has 2 heterocycles. The van der Waals surface area contributed by atoms with Crippen molar-refractivity contribution in [3.05, 3.63) is 29.8 Å². The quantitative estimate of drug-likeness (QED) is 0.917. The van der Waals surface area contributed by atoms with Crippen LogP contribution >= 0.6 is 0 Å². The zero-order chi connectivity index (χ0) is 16.5. The lowest BCUT2D eigenvalue weighted by molar-refractivity contribution is -0.00569. The van der Waals surface area contributed by atoms with Gasteiger partial charge >= 0.3 is 6.03 Å². The van der Waals surface area contributed by atoms with Crippen LogP contribution < -0.4 is 10.2 Å². The first-order valence-electron chi connectivity index (χ1n) is 8.76. The molecule has 4 rings (SSSR count). The summed E-state index contributed by atoms with van der Waals surface area (Å²) in [5, 5.41) is 2.78. The first-order chi connectivity index (χ1) is 11.7. The van der Waals surface area contributed by atoms with Gasteiger partial charge in [0, 0.05) is 30.9 Å². The van der Waals surface area contributed by atoms with Crippen LogP contribution in [0.1, 0.15) is 29.6 Å². The van der Waals surface area contributed by atoms with Crippen molar-refractivity contribution in [2.75, 3.05) is 37.7 Å². The molecule has 6 heteroatoms. The maximum absolute atomic E-state index is 12.9. The monoisotopic (exact) mass is 329 g/mol. The first kappa shape index (κ1) is 15.4. The van der Waals surface area contributed by atoms with Crippen LogP contribution in [0.3, 0.4) is 0 Å². The Bertz CT molecular complexity index is 627. The summed E-state index contributed by atoms with van der Waals surface area (Å²) in [7, 11) is 0. The lowest BCUT2D eigenvalue weighted by Crippen LogP contribution is -2.48. The highest BCUT2D eigenvalue weighted by Gasteiger charge is 2.33. The summed E-state index contributed by atoms with van der Waals surface area (Å²) in [6.07, 6.45) is 3.62. The van der Waals surface area contributed by atoms with Crippen molar-refractivity contribution >= 4 is 17.6 Å². The Morgan fingerprint density at radius 3 is 2.67 bits per heavy atom. The number of nitrogens with zero attached hydrogens (tertiary/aromatic N) is 2. The molecule has 0 bridgehead atoms. The van der Waals surface area contributed by atoms with E-state index in [9.17, 15) is 9.59 Å². The molecule has 0 radical (unpaired) electrons. The summed E-state index contributed by atoms with van der Waals surface area (Å²) in [4.78, 5) is 28.3. The van der Waals surface area contributed by atoms with Gasteiger partial charge in [-0.25, -0.2) is 4.79 Å². The molecule has 128 valence electrons. The van der Waals surface area contributed by atoms with Gasteiger partial charge in [-0.05, 0) is 36.6 Å². The summed E-state index contributed by atoms with van der Waals surface area (Å²) >= 11 is 0. The van der Waals surface area contributed by atoms with E-state index in [1.165, 1.54) is 12.8 Å². The summed E-state index contributed by atoms with van der Waals surface area (Å²) in [6, 6.07) is 7.48. The highest BCUT2D eigenvalue weighted by Crippen LogP contribution is 2.35. The van der Waals surface area contributed by atoms with Gasteiger partial charge in [-0.15, -0.1) is 0 Å². The topological polar surface area (TPSA) is 61.9 Å². The minimum absolute atomic E-state index is 0.0707. The number of benzene rings is 1. The molecule has 1 aromatic rings. The third kappa shape index (κ3) is 3.11. The van der Waals surface area contributed by atoms with E-state index in [-0.39, 0.29) is 18.0 Å². The Labute approximate surface area is 141 Å². The number of hydrogen-bond donors (Lipinski definition) is 1. The third-order valence-electron chi connectivity index (χ3n) is 5.07. The second-order valence-corrected chi connectivity index (χ2v) is 6.84. The molecule has 1 atom stereocenters. The van der Waals surface area contributed by atoms with Crippen molar-refractivity contribution < 1.29 is 14.3 Å². The average molecular weight is 329 g/mol. The molecule has 1 saturated carbocycles. The molecule has 1 aliphatic carbocycles. The highest BCUT2D eigenvalue weighted by molar-refractivity contribution is 5.97. The van der Waals surface area contributed by atoms with E-state index in [1.54, 1.807) is 4.90 Å². The molecule has 1 unspecified atom stereocenters. The molecule has 24 heavy (non-hydrogen) atoms. The van der Waals surface area contributed by atoms with Crippen LogP contribution in [-0.4, -0.2) is 55.7 Å². The molecule has 3 aliphatic rings. The van der Waals surface area contributed by atoms with Gasteiger partial charge in [-0.3, -0.25) is 9.69 Å².